The van der Waals surface area contributed by atoms with Gasteiger partial charge in [0.25, 0.3) is 0 Å². The molecule has 0 fully saturated rings. The second kappa shape index (κ2) is 7.46. The highest BCUT2D eigenvalue weighted by atomic mass is 32.2. The monoisotopic (exact) mass is 226 g/mol. The standard InChI is InChI=1S/C12H18O2S/c1-13-11-6-5-7-12(10-11)14-8-3-4-9-15-2/h5-7,10H,3-4,8-9H2,1-2H3. The van der Waals surface area contributed by atoms with Crippen molar-refractivity contribution in [1.29, 1.82) is 0 Å². The minimum atomic E-state index is 0.785. The molecule has 1 aromatic rings. The average molecular weight is 226 g/mol. The van der Waals surface area contributed by atoms with Gasteiger partial charge in [-0.3, -0.25) is 0 Å². The Morgan fingerprint density at radius 3 is 2.73 bits per heavy atom. The molecule has 0 aliphatic carbocycles. The molecule has 0 saturated heterocycles. The highest BCUT2D eigenvalue weighted by molar-refractivity contribution is 7.98. The van der Waals surface area contributed by atoms with Crippen LogP contribution in [-0.4, -0.2) is 25.7 Å². The molecule has 0 aliphatic rings. The Labute approximate surface area is 96.0 Å². The molecule has 0 heterocycles. The molecule has 0 saturated carbocycles. The molecule has 0 amide bonds. The van der Waals surface area contributed by atoms with E-state index in [0.29, 0.717) is 0 Å². The van der Waals surface area contributed by atoms with Crippen molar-refractivity contribution in [3.63, 3.8) is 0 Å². The number of thioether (sulfide) groups is 1. The zero-order valence-corrected chi connectivity index (χ0v) is 10.2. The first-order valence-electron chi connectivity index (χ1n) is 5.12. The molecular formula is C12H18O2S. The van der Waals surface area contributed by atoms with Gasteiger partial charge in [0.15, 0.2) is 0 Å². The van der Waals surface area contributed by atoms with Crippen molar-refractivity contribution >= 4 is 11.8 Å². The number of rotatable bonds is 7. The summed E-state index contributed by atoms with van der Waals surface area (Å²) in [6.07, 6.45) is 4.45. The van der Waals surface area contributed by atoms with E-state index in [4.69, 9.17) is 9.47 Å². The maximum absolute atomic E-state index is 5.61. The van der Waals surface area contributed by atoms with Gasteiger partial charge in [-0.1, -0.05) is 6.07 Å². The van der Waals surface area contributed by atoms with Gasteiger partial charge >= 0.3 is 0 Å². The quantitative estimate of drug-likeness (QED) is 0.665. The first kappa shape index (κ1) is 12.2. The maximum Gasteiger partial charge on any atom is 0.122 e. The van der Waals surface area contributed by atoms with E-state index in [1.54, 1.807) is 7.11 Å². The molecule has 1 rings (SSSR count). The molecular weight excluding hydrogens is 208 g/mol. The SMILES string of the molecule is COc1cccc(OCCCCSC)c1. The van der Waals surface area contributed by atoms with Crippen molar-refractivity contribution < 1.29 is 9.47 Å². The first-order chi connectivity index (χ1) is 7.36. The van der Waals surface area contributed by atoms with Crippen molar-refractivity contribution in [2.45, 2.75) is 12.8 Å². The molecule has 0 bridgehead atoms. The Hall–Kier alpha value is -0.830. The maximum atomic E-state index is 5.61. The lowest BCUT2D eigenvalue weighted by Crippen LogP contribution is -1.98. The summed E-state index contributed by atoms with van der Waals surface area (Å²) in [4.78, 5) is 0. The van der Waals surface area contributed by atoms with Crippen molar-refractivity contribution in [3.05, 3.63) is 24.3 Å². The third-order valence-electron chi connectivity index (χ3n) is 2.05. The second-order valence-corrected chi connectivity index (χ2v) is 4.21. The number of hydrogen-bond acceptors (Lipinski definition) is 3. The fraction of sp³-hybridized carbons (Fsp3) is 0.500. The van der Waals surface area contributed by atoms with E-state index >= 15 is 0 Å². The van der Waals surface area contributed by atoms with E-state index in [1.165, 1.54) is 12.2 Å². The Kier molecular flexibility index (Phi) is 6.09. The predicted molar refractivity (Wildman–Crippen MR) is 66.1 cm³/mol. The van der Waals surface area contributed by atoms with Crippen LogP contribution in [0.15, 0.2) is 24.3 Å². The van der Waals surface area contributed by atoms with Gasteiger partial charge in [0.2, 0.25) is 0 Å². The summed E-state index contributed by atoms with van der Waals surface area (Å²) >= 11 is 1.88. The van der Waals surface area contributed by atoms with E-state index in [0.717, 1.165) is 24.5 Å². The van der Waals surface area contributed by atoms with Gasteiger partial charge in [0.05, 0.1) is 13.7 Å². The van der Waals surface area contributed by atoms with Gasteiger partial charge in [0, 0.05) is 6.07 Å². The molecule has 1 aromatic carbocycles. The normalized spacial score (nSPS) is 10.0. The van der Waals surface area contributed by atoms with Crippen LogP contribution in [0.5, 0.6) is 11.5 Å². The van der Waals surface area contributed by atoms with Gasteiger partial charge in [-0.25, -0.2) is 0 Å². The zero-order valence-electron chi connectivity index (χ0n) is 9.36. The van der Waals surface area contributed by atoms with Gasteiger partial charge < -0.3 is 9.47 Å². The molecule has 0 atom stereocenters. The smallest absolute Gasteiger partial charge is 0.122 e. The van der Waals surface area contributed by atoms with Crippen LogP contribution in [0, 0.1) is 0 Å². The largest absolute Gasteiger partial charge is 0.497 e. The topological polar surface area (TPSA) is 18.5 Å². The Bertz CT molecular complexity index is 276. The van der Waals surface area contributed by atoms with Crippen LogP contribution in [-0.2, 0) is 0 Å². The highest BCUT2D eigenvalue weighted by Gasteiger charge is 1.96. The predicted octanol–water partition coefficient (Wildman–Crippen LogP) is 3.22. The van der Waals surface area contributed by atoms with Crippen LogP contribution in [0.25, 0.3) is 0 Å². The van der Waals surface area contributed by atoms with Crippen molar-refractivity contribution in [2.75, 3.05) is 25.7 Å². The summed E-state index contributed by atoms with van der Waals surface area (Å²) < 4.78 is 10.7. The summed E-state index contributed by atoms with van der Waals surface area (Å²) in [5.41, 5.74) is 0. The number of benzene rings is 1. The lowest BCUT2D eigenvalue weighted by atomic mass is 10.3. The van der Waals surface area contributed by atoms with Gasteiger partial charge in [0.1, 0.15) is 11.5 Å². The van der Waals surface area contributed by atoms with E-state index in [9.17, 15) is 0 Å². The van der Waals surface area contributed by atoms with E-state index < -0.39 is 0 Å². The van der Waals surface area contributed by atoms with Crippen molar-refractivity contribution in [1.82, 2.24) is 0 Å². The number of ether oxygens (including phenoxy) is 2. The van der Waals surface area contributed by atoms with E-state index in [1.807, 2.05) is 36.0 Å². The minimum absolute atomic E-state index is 0.785. The van der Waals surface area contributed by atoms with E-state index in [2.05, 4.69) is 6.26 Å². The molecule has 84 valence electrons. The van der Waals surface area contributed by atoms with Crippen LogP contribution >= 0.6 is 11.8 Å². The molecule has 3 heteroatoms. The van der Waals surface area contributed by atoms with Crippen LogP contribution < -0.4 is 9.47 Å². The fourth-order valence-corrected chi connectivity index (χ4v) is 1.72. The molecule has 0 aliphatic heterocycles. The summed E-state index contributed by atoms with van der Waals surface area (Å²) in [7, 11) is 1.66. The molecule has 0 N–H and O–H groups in total. The van der Waals surface area contributed by atoms with E-state index in [-0.39, 0.29) is 0 Å². The average Bonchev–Trinajstić information content (AvgIpc) is 2.29. The third-order valence-corrected chi connectivity index (χ3v) is 2.75. The number of hydrogen-bond donors (Lipinski definition) is 0. The Morgan fingerprint density at radius 2 is 2.00 bits per heavy atom. The fourth-order valence-electron chi connectivity index (χ4n) is 1.23. The minimum Gasteiger partial charge on any atom is -0.497 e. The summed E-state index contributed by atoms with van der Waals surface area (Å²) in [5.74, 6) is 2.94. The summed E-state index contributed by atoms with van der Waals surface area (Å²) in [5, 5.41) is 0. The zero-order chi connectivity index (χ0) is 10.9. The molecule has 0 unspecified atom stereocenters. The van der Waals surface area contributed by atoms with Crippen molar-refractivity contribution in [3.8, 4) is 11.5 Å². The molecule has 0 radical (unpaired) electrons. The number of methoxy groups -OCH3 is 1. The molecule has 15 heavy (non-hydrogen) atoms. The number of unbranched alkanes of at least 4 members (excludes halogenated alkanes) is 1. The van der Waals surface area contributed by atoms with Crippen LogP contribution in [0.1, 0.15) is 12.8 Å². The van der Waals surface area contributed by atoms with Crippen molar-refractivity contribution in [2.24, 2.45) is 0 Å². The third kappa shape index (κ3) is 4.98. The molecule has 0 aromatic heterocycles. The Balaban J connectivity index is 2.24. The highest BCUT2D eigenvalue weighted by Crippen LogP contribution is 2.18. The molecule has 2 nitrogen and oxygen atoms in total. The second-order valence-electron chi connectivity index (χ2n) is 3.23. The first-order valence-corrected chi connectivity index (χ1v) is 6.52. The lowest BCUT2D eigenvalue weighted by Gasteiger charge is -2.07. The Morgan fingerprint density at radius 1 is 1.20 bits per heavy atom. The van der Waals surface area contributed by atoms with Crippen LogP contribution in [0.2, 0.25) is 0 Å². The van der Waals surface area contributed by atoms with Crippen LogP contribution in [0.3, 0.4) is 0 Å². The van der Waals surface area contributed by atoms with Gasteiger partial charge in [-0.15, -0.1) is 0 Å². The lowest BCUT2D eigenvalue weighted by molar-refractivity contribution is 0.307. The van der Waals surface area contributed by atoms with Gasteiger partial charge in [-0.2, -0.15) is 11.8 Å². The molecule has 0 spiro atoms. The van der Waals surface area contributed by atoms with Gasteiger partial charge in [-0.05, 0) is 37.0 Å². The summed E-state index contributed by atoms with van der Waals surface area (Å²) in [6.45, 7) is 0.785. The van der Waals surface area contributed by atoms with Crippen LogP contribution in [0.4, 0.5) is 0 Å². The summed E-state index contributed by atoms with van der Waals surface area (Å²) in [6, 6.07) is 7.72.